The van der Waals surface area contributed by atoms with Crippen LogP contribution in [0.3, 0.4) is 0 Å². The van der Waals surface area contributed by atoms with Gasteiger partial charge in [-0.15, -0.1) is 0 Å². The Bertz CT molecular complexity index is 1040. The molecule has 0 aliphatic heterocycles. The van der Waals surface area contributed by atoms with Gasteiger partial charge in [0.05, 0.1) is 15.7 Å². The van der Waals surface area contributed by atoms with Crippen LogP contribution in [0.2, 0.25) is 0 Å². The van der Waals surface area contributed by atoms with Crippen LogP contribution in [-0.4, -0.2) is 8.42 Å². The van der Waals surface area contributed by atoms with Crippen LogP contribution in [0.1, 0.15) is 25.2 Å². The third-order valence-electron chi connectivity index (χ3n) is 4.47. The van der Waals surface area contributed by atoms with Crippen LogP contribution in [0.4, 0.5) is 0 Å². The number of aromatic nitrogens is 1. The van der Waals surface area contributed by atoms with Crippen LogP contribution in [0.5, 0.6) is 0 Å². The molecule has 9 heteroatoms. The minimum absolute atomic E-state index is 0.124. The molecule has 0 bridgehead atoms. The molecule has 0 radical (unpaired) electrons. The second kappa shape index (κ2) is 10.6. The van der Waals surface area contributed by atoms with Crippen LogP contribution in [0.15, 0.2) is 71.6 Å². The molecular formula is C21H23ClN2O5S. The van der Waals surface area contributed by atoms with Gasteiger partial charge in [0.25, 0.3) is 0 Å². The van der Waals surface area contributed by atoms with E-state index in [0.717, 1.165) is 18.5 Å². The number of nitrogens with two attached hydrogens (primary N) is 1. The Labute approximate surface area is 179 Å². The van der Waals surface area contributed by atoms with Crippen LogP contribution < -0.4 is 23.7 Å². The third-order valence-corrected chi connectivity index (χ3v) is 5.40. The molecule has 0 amide bonds. The van der Waals surface area contributed by atoms with Crippen molar-refractivity contribution in [3.63, 3.8) is 0 Å². The van der Waals surface area contributed by atoms with E-state index < -0.39 is 20.8 Å². The first-order chi connectivity index (χ1) is 14.2. The molecule has 0 spiro atoms. The summed E-state index contributed by atoms with van der Waals surface area (Å²) in [5.41, 5.74) is 5.66. The Kier molecular flexibility index (Phi) is 8.48. The SMILES string of the molecule is CCc1cc(-c2ccccc2)cc(CC)[n+]1-c1ccc(S(N)(=O)=O)cc1.[O-][Cl+2]([O-])[O-]. The minimum Gasteiger partial charge on any atom is -0.357 e. The number of aryl methyl sites for hydroxylation is 2. The summed E-state index contributed by atoms with van der Waals surface area (Å²) in [5.74, 6) is 0. The molecule has 3 rings (SSSR count). The Morgan fingerprint density at radius 2 is 1.30 bits per heavy atom. The first-order valence-corrected chi connectivity index (χ1v) is 11.6. The molecule has 0 aliphatic carbocycles. The maximum atomic E-state index is 11.5. The maximum absolute atomic E-state index is 11.5. The smallest absolute Gasteiger partial charge is 0.238 e. The highest BCUT2D eigenvalue weighted by molar-refractivity contribution is 7.89. The van der Waals surface area contributed by atoms with Gasteiger partial charge in [-0.1, -0.05) is 44.2 Å². The van der Waals surface area contributed by atoms with Crippen LogP contribution >= 0.6 is 0 Å². The molecule has 3 aromatic rings. The molecule has 2 aromatic carbocycles. The summed E-state index contributed by atoms with van der Waals surface area (Å²) >= 11 is 0. The van der Waals surface area contributed by atoms with Crippen molar-refractivity contribution < 1.29 is 37.7 Å². The lowest BCUT2D eigenvalue weighted by Crippen LogP contribution is -2.42. The van der Waals surface area contributed by atoms with Gasteiger partial charge in [0.1, 0.15) is 0 Å². The van der Waals surface area contributed by atoms with Gasteiger partial charge in [-0.2, -0.15) is 4.57 Å². The summed E-state index contributed by atoms with van der Waals surface area (Å²) in [6.07, 6.45) is 1.73. The van der Waals surface area contributed by atoms with E-state index in [1.54, 1.807) is 24.3 Å². The summed E-state index contributed by atoms with van der Waals surface area (Å²) in [6.45, 7) is 4.25. The molecule has 160 valence electrons. The highest BCUT2D eigenvalue weighted by atomic mass is 35.6. The highest BCUT2D eigenvalue weighted by Gasteiger charge is 2.20. The maximum Gasteiger partial charge on any atom is 0.238 e. The second-order valence-corrected chi connectivity index (χ2v) is 8.30. The third kappa shape index (κ3) is 6.33. The molecule has 2 N–H and O–H groups in total. The molecule has 0 saturated carbocycles. The number of primary sulfonamides is 1. The number of hydrogen-bond acceptors (Lipinski definition) is 5. The van der Waals surface area contributed by atoms with Gasteiger partial charge in [0.15, 0.2) is 11.4 Å². The summed E-state index contributed by atoms with van der Waals surface area (Å²) in [5, 5.41) is 5.21. The monoisotopic (exact) mass is 450 g/mol. The summed E-state index contributed by atoms with van der Waals surface area (Å²) < 4.78 is 50.4. The zero-order chi connectivity index (χ0) is 22.3. The van der Waals surface area contributed by atoms with E-state index in [2.05, 4.69) is 42.7 Å². The Balaban J connectivity index is 0.000000735. The van der Waals surface area contributed by atoms with E-state index in [4.69, 9.17) is 19.1 Å². The van der Waals surface area contributed by atoms with Gasteiger partial charge in [-0.05, 0) is 23.3 Å². The minimum atomic E-state index is -3.69. The van der Waals surface area contributed by atoms with Gasteiger partial charge in [-0.3, -0.25) is 0 Å². The topological polar surface area (TPSA) is 133 Å². The molecule has 7 nitrogen and oxygen atoms in total. The largest absolute Gasteiger partial charge is 0.357 e. The van der Waals surface area contributed by atoms with Crippen molar-refractivity contribution in [3.05, 3.63) is 78.1 Å². The fourth-order valence-electron chi connectivity index (χ4n) is 3.15. The summed E-state index contributed by atoms with van der Waals surface area (Å²) in [7, 11) is -6.54. The van der Waals surface area contributed by atoms with Crippen molar-refractivity contribution in [2.75, 3.05) is 0 Å². The molecular weight excluding hydrogens is 428 g/mol. The lowest BCUT2D eigenvalue weighted by Gasteiger charge is -2.10. The second-order valence-electron chi connectivity index (χ2n) is 6.36. The summed E-state index contributed by atoms with van der Waals surface area (Å²) in [4.78, 5) is 0.124. The molecule has 1 heterocycles. The lowest BCUT2D eigenvalue weighted by atomic mass is 10.0. The van der Waals surface area contributed by atoms with Gasteiger partial charge >= 0.3 is 0 Å². The number of rotatable bonds is 5. The molecule has 0 atom stereocenters. The number of hydrogen-bond donors (Lipinski definition) is 1. The number of sulfonamides is 1. The van der Waals surface area contributed by atoms with Crippen molar-refractivity contribution in [1.29, 1.82) is 0 Å². The number of nitrogens with zero attached hydrogens (tertiary/aromatic N) is 1. The van der Waals surface area contributed by atoms with Gasteiger partial charge in [-0.25, -0.2) is 13.6 Å². The molecule has 1 aromatic heterocycles. The van der Waals surface area contributed by atoms with E-state index in [1.165, 1.54) is 22.5 Å². The fourth-order valence-corrected chi connectivity index (χ4v) is 3.66. The first kappa shape index (κ1) is 23.9. The Morgan fingerprint density at radius 3 is 1.70 bits per heavy atom. The molecule has 0 unspecified atom stereocenters. The lowest BCUT2D eigenvalue weighted by molar-refractivity contribution is -1.73. The average Bonchev–Trinajstić information content (AvgIpc) is 2.72. The number of pyridine rings is 1. The Morgan fingerprint density at radius 1 is 0.833 bits per heavy atom. The van der Waals surface area contributed by atoms with Crippen molar-refractivity contribution in [2.24, 2.45) is 5.14 Å². The number of halogens is 1. The zero-order valence-electron chi connectivity index (χ0n) is 16.6. The van der Waals surface area contributed by atoms with E-state index in [1.807, 2.05) is 18.2 Å². The van der Waals surface area contributed by atoms with E-state index in [9.17, 15) is 8.42 Å². The van der Waals surface area contributed by atoms with Gasteiger partial charge < -0.3 is 14.0 Å². The quantitative estimate of drug-likeness (QED) is 0.539. The zero-order valence-corrected chi connectivity index (χ0v) is 18.2. The molecule has 0 aliphatic rings. The first-order valence-electron chi connectivity index (χ1n) is 9.16. The van der Waals surface area contributed by atoms with Crippen LogP contribution in [0.25, 0.3) is 16.8 Å². The van der Waals surface area contributed by atoms with E-state index in [0.29, 0.717) is 0 Å². The normalized spacial score (nSPS) is 11.2. The highest BCUT2D eigenvalue weighted by Crippen LogP contribution is 2.22. The molecule has 0 fully saturated rings. The van der Waals surface area contributed by atoms with Crippen LogP contribution in [-0.2, 0) is 22.9 Å². The predicted molar refractivity (Wildman–Crippen MR) is 104 cm³/mol. The fraction of sp³-hybridized carbons (Fsp3) is 0.190. The number of benzene rings is 2. The Hall–Kier alpha value is -2.33. The van der Waals surface area contributed by atoms with Crippen molar-refractivity contribution in [3.8, 4) is 16.8 Å². The van der Waals surface area contributed by atoms with Gasteiger partial charge in [0.2, 0.25) is 15.7 Å². The molecule has 30 heavy (non-hydrogen) atoms. The van der Waals surface area contributed by atoms with Crippen molar-refractivity contribution in [2.45, 2.75) is 31.6 Å². The standard InChI is InChI=1S/C21H23N2O2S.ClO3/c1-3-18-14-17(16-8-6-5-7-9-16)15-19(4-2)23(18)20-10-12-21(13-11-20)26(22,24)25;2-1(3)4/h5-15H,3-4H2,1-2H3,(H2,22,24,25);/q+1;-1. The summed E-state index contributed by atoms with van der Waals surface area (Å²) in [6, 6.07) is 21.4. The van der Waals surface area contributed by atoms with Crippen molar-refractivity contribution >= 4 is 10.0 Å². The van der Waals surface area contributed by atoms with E-state index >= 15 is 0 Å². The molecule has 0 saturated heterocycles. The van der Waals surface area contributed by atoms with Gasteiger partial charge in [0, 0.05) is 37.1 Å². The van der Waals surface area contributed by atoms with Crippen LogP contribution in [0, 0.1) is 10.8 Å². The predicted octanol–water partition coefficient (Wildman–Crippen LogP) is -0.164. The average molecular weight is 451 g/mol. The van der Waals surface area contributed by atoms with Crippen molar-refractivity contribution in [1.82, 2.24) is 0 Å². The van der Waals surface area contributed by atoms with E-state index in [-0.39, 0.29) is 4.90 Å².